The molecule has 0 saturated heterocycles. The summed E-state index contributed by atoms with van der Waals surface area (Å²) in [7, 11) is 3.18. The molecule has 2 aromatic carbocycles. The number of hydrogen-bond donors (Lipinski definition) is 2. The second kappa shape index (κ2) is 9.49. The Kier molecular flexibility index (Phi) is 6.09. The van der Waals surface area contributed by atoms with Crippen molar-refractivity contribution in [2.45, 2.75) is 19.4 Å². The Morgan fingerprint density at radius 2 is 2.00 bits per heavy atom. The van der Waals surface area contributed by atoms with E-state index in [-0.39, 0.29) is 11.5 Å². The Hall–Kier alpha value is -4.34. The summed E-state index contributed by atoms with van der Waals surface area (Å²) >= 11 is 0. The average molecular weight is 475 g/mol. The lowest BCUT2D eigenvalue weighted by molar-refractivity contribution is -0.383. The maximum atomic E-state index is 12.1. The zero-order chi connectivity index (χ0) is 24.4. The van der Waals surface area contributed by atoms with Crippen LogP contribution in [0.5, 0.6) is 11.5 Å². The van der Waals surface area contributed by atoms with Crippen molar-refractivity contribution in [2.75, 3.05) is 37.5 Å². The molecule has 1 aliphatic heterocycles. The standard InChI is InChI=1S/C25H26N6O4/c1-34-21-9-5-6-16(23(21)35-2)10-12-26-24-22(31(32)33)25(28-15-27-24)30-13-11-18-17-7-3-4-8-19(17)29-20(18)14-30/h3-9,15,29H,10-14H2,1-2H3,(H,26,27,28). The molecule has 2 N–H and O–H groups in total. The summed E-state index contributed by atoms with van der Waals surface area (Å²) in [6, 6.07) is 13.8. The summed E-state index contributed by atoms with van der Waals surface area (Å²) < 4.78 is 10.8. The van der Waals surface area contributed by atoms with Crippen LogP contribution in [0.1, 0.15) is 16.8 Å². The van der Waals surface area contributed by atoms with Gasteiger partial charge in [0.25, 0.3) is 0 Å². The van der Waals surface area contributed by atoms with Gasteiger partial charge < -0.3 is 24.7 Å². The fourth-order valence-electron chi connectivity index (χ4n) is 4.74. The van der Waals surface area contributed by atoms with E-state index in [9.17, 15) is 10.1 Å². The van der Waals surface area contributed by atoms with Crippen LogP contribution >= 0.6 is 0 Å². The number of fused-ring (bicyclic) bond motifs is 3. The van der Waals surface area contributed by atoms with Crippen molar-refractivity contribution < 1.29 is 14.4 Å². The molecule has 35 heavy (non-hydrogen) atoms. The van der Waals surface area contributed by atoms with E-state index in [0.29, 0.717) is 43.4 Å². The highest BCUT2D eigenvalue weighted by Crippen LogP contribution is 2.36. The van der Waals surface area contributed by atoms with E-state index >= 15 is 0 Å². The second-order valence-electron chi connectivity index (χ2n) is 8.28. The van der Waals surface area contributed by atoms with Crippen LogP contribution in [-0.2, 0) is 19.4 Å². The normalized spacial score (nSPS) is 12.9. The van der Waals surface area contributed by atoms with Crippen LogP contribution < -0.4 is 19.7 Å². The van der Waals surface area contributed by atoms with Gasteiger partial charge in [-0.15, -0.1) is 0 Å². The molecule has 1 aliphatic rings. The molecule has 0 atom stereocenters. The zero-order valence-corrected chi connectivity index (χ0v) is 19.6. The largest absolute Gasteiger partial charge is 0.493 e. The molecule has 0 amide bonds. The molecule has 3 heterocycles. The van der Waals surface area contributed by atoms with Crippen LogP contribution in [0.4, 0.5) is 17.3 Å². The molecule has 0 saturated carbocycles. The summed E-state index contributed by atoms with van der Waals surface area (Å²) in [4.78, 5) is 25.6. The van der Waals surface area contributed by atoms with E-state index in [1.54, 1.807) is 14.2 Å². The summed E-state index contributed by atoms with van der Waals surface area (Å²) in [5.41, 5.74) is 4.21. The third-order valence-electron chi connectivity index (χ3n) is 6.34. The Morgan fingerprint density at radius 3 is 2.80 bits per heavy atom. The minimum absolute atomic E-state index is 0.121. The Bertz CT molecular complexity index is 1390. The first kappa shape index (κ1) is 22.5. The average Bonchev–Trinajstić information content (AvgIpc) is 3.26. The fraction of sp³-hybridized carbons (Fsp3) is 0.280. The smallest absolute Gasteiger partial charge is 0.353 e. The van der Waals surface area contributed by atoms with Crippen LogP contribution in [0.2, 0.25) is 0 Å². The molecule has 4 aromatic rings. The molecule has 2 aromatic heterocycles. The molecule has 0 spiro atoms. The van der Waals surface area contributed by atoms with Gasteiger partial charge in [-0.05, 0) is 36.1 Å². The van der Waals surface area contributed by atoms with Crippen molar-refractivity contribution in [1.82, 2.24) is 15.0 Å². The fourth-order valence-corrected chi connectivity index (χ4v) is 4.74. The third kappa shape index (κ3) is 4.18. The molecule has 10 nitrogen and oxygen atoms in total. The van der Waals surface area contributed by atoms with Crippen molar-refractivity contribution in [2.24, 2.45) is 0 Å². The lowest BCUT2D eigenvalue weighted by atomic mass is 10.0. The number of anilines is 2. The Morgan fingerprint density at radius 1 is 1.14 bits per heavy atom. The number of H-pyrrole nitrogens is 1. The van der Waals surface area contributed by atoms with Crippen molar-refractivity contribution in [1.29, 1.82) is 0 Å². The Balaban J connectivity index is 1.38. The zero-order valence-electron chi connectivity index (χ0n) is 19.6. The molecule has 0 unspecified atom stereocenters. The maximum Gasteiger partial charge on any atom is 0.353 e. The topological polar surface area (TPSA) is 118 Å². The van der Waals surface area contributed by atoms with E-state index in [0.717, 1.165) is 23.2 Å². The number of aromatic amines is 1. The molecule has 0 bridgehead atoms. The van der Waals surface area contributed by atoms with Crippen LogP contribution in [0.3, 0.4) is 0 Å². The van der Waals surface area contributed by atoms with E-state index in [1.807, 2.05) is 41.3 Å². The summed E-state index contributed by atoms with van der Waals surface area (Å²) in [5, 5.41) is 16.4. The number of benzene rings is 2. The quantitative estimate of drug-likeness (QED) is 0.289. The first-order chi connectivity index (χ1) is 17.1. The van der Waals surface area contributed by atoms with E-state index in [2.05, 4.69) is 26.3 Å². The first-order valence-electron chi connectivity index (χ1n) is 11.4. The maximum absolute atomic E-state index is 12.1. The van der Waals surface area contributed by atoms with Gasteiger partial charge >= 0.3 is 5.69 Å². The second-order valence-corrected chi connectivity index (χ2v) is 8.28. The van der Waals surface area contributed by atoms with Crippen molar-refractivity contribution in [3.8, 4) is 11.5 Å². The number of nitrogens with one attached hydrogen (secondary N) is 2. The summed E-state index contributed by atoms with van der Waals surface area (Å²) in [6.07, 6.45) is 2.72. The molecule has 0 radical (unpaired) electrons. The number of para-hydroxylation sites is 2. The van der Waals surface area contributed by atoms with E-state index in [1.165, 1.54) is 17.3 Å². The van der Waals surface area contributed by atoms with Gasteiger partial charge in [0.1, 0.15) is 6.33 Å². The van der Waals surface area contributed by atoms with Crippen LogP contribution in [0.15, 0.2) is 48.8 Å². The third-order valence-corrected chi connectivity index (χ3v) is 6.34. The first-order valence-corrected chi connectivity index (χ1v) is 11.4. The van der Waals surface area contributed by atoms with Gasteiger partial charge in [0.2, 0.25) is 11.6 Å². The number of nitro groups is 1. The van der Waals surface area contributed by atoms with E-state index in [4.69, 9.17) is 9.47 Å². The number of aromatic nitrogens is 3. The van der Waals surface area contributed by atoms with Crippen LogP contribution in [0, 0.1) is 10.1 Å². The lowest BCUT2D eigenvalue weighted by Crippen LogP contribution is -2.31. The number of ether oxygens (including phenoxy) is 2. The predicted octanol–water partition coefficient (Wildman–Crippen LogP) is 4.10. The Labute approximate surface area is 202 Å². The summed E-state index contributed by atoms with van der Waals surface area (Å²) in [5.74, 6) is 1.80. The van der Waals surface area contributed by atoms with Gasteiger partial charge in [0, 0.05) is 29.7 Å². The minimum atomic E-state index is -0.412. The summed E-state index contributed by atoms with van der Waals surface area (Å²) in [6.45, 7) is 1.57. The molecule has 0 fully saturated rings. The van der Waals surface area contributed by atoms with Gasteiger partial charge in [0.05, 0.1) is 25.7 Å². The number of rotatable bonds is 8. The van der Waals surface area contributed by atoms with Gasteiger partial charge in [-0.2, -0.15) is 0 Å². The van der Waals surface area contributed by atoms with Crippen molar-refractivity contribution in [3.63, 3.8) is 0 Å². The molecular weight excluding hydrogens is 448 g/mol. The monoisotopic (exact) mass is 474 g/mol. The van der Waals surface area contributed by atoms with Crippen molar-refractivity contribution >= 4 is 28.2 Å². The van der Waals surface area contributed by atoms with Crippen LogP contribution in [-0.4, -0.2) is 47.2 Å². The molecule has 0 aliphatic carbocycles. The molecular formula is C25H26N6O4. The highest BCUT2D eigenvalue weighted by molar-refractivity contribution is 5.85. The van der Waals surface area contributed by atoms with Gasteiger partial charge in [-0.25, -0.2) is 9.97 Å². The minimum Gasteiger partial charge on any atom is -0.493 e. The SMILES string of the molecule is COc1cccc(CCNc2ncnc(N3CCc4c([nH]c5ccccc45)C3)c2[N+](=O)[O-])c1OC. The number of hydrogen-bond acceptors (Lipinski definition) is 8. The molecule has 10 heteroatoms. The van der Waals surface area contributed by atoms with Gasteiger partial charge in [0.15, 0.2) is 11.5 Å². The van der Waals surface area contributed by atoms with E-state index < -0.39 is 4.92 Å². The molecule has 180 valence electrons. The van der Waals surface area contributed by atoms with Gasteiger partial charge in [-0.1, -0.05) is 30.3 Å². The van der Waals surface area contributed by atoms with Gasteiger partial charge in [-0.3, -0.25) is 10.1 Å². The number of nitrogens with zero attached hydrogens (tertiary/aromatic N) is 4. The number of methoxy groups -OCH3 is 2. The molecule has 5 rings (SSSR count). The van der Waals surface area contributed by atoms with Crippen LogP contribution in [0.25, 0.3) is 10.9 Å². The predicted molar refractivity (Wildman–Crippen MR) is 133 cm³/mol. The highest BCUT2D eigenvalue weighted by atomic mass is 16.6. The highest BCUT2D eigenvalue weighted by Gasteiger charge is 2.30. The lowest BCUT2D eigenvalue weighted by Gasteiger charge is -2.27. The van der Waals surface area contributed by atoms with Crippen molar-refractivity contribution in [3.05, 3.63) is 75.7 Å².